The minimum Gasteiger partial charge on any atom is -0.478 e. The van der Waals surface area contributed by atoms with Crippen molar-refractivity contribution in [1.29, 1.82) is 0 Å². The number of hydrogen-bond donors (Lipinski definition) is 2. The lowest BCUT2D eigenvalue weighted by Gasteiger charge is -2.06. The van der Waals surface area contributed by atoms with Gasteiger partial charge in [-0.05, 0) is 28.1 Å². The van der Waals surface area contributed by atoms with E-state index in [0.29, 0.717) is 11.4 Å². The summed E-state index contributed by atoms with van der Waals surface area (Å²) in [5.74, 6) is -1.43. The van der Waals surface area contributed by atoms with Gasteiger partial charge in [-0.2, -0.15) is 0 Å². The molecule has 0 unspecified atom stereocenters. The van der Waals surface area contributed by atoms with E-state index >= 15 is 0 Å². The molecule has 0 spiro atoms. The molecule has 0 bridgehead atoms. The van der Waals surface area contributed by atoms with Gasteiger partial charge in [0.1, 0.15) is 5.69 Å². The van der Waals surface area contributed by atoms with E-state index in [4.69, 9.17) is 5.11 Å². The number of nitrogens with one attached hydrogen (secondary N) is 1. The number of nitrogens with zero attached hydrogens (tertiary/aromatic N) is 2. The maximum Gasteiger partial charge on any atom is 0.337 e. The summed E-state index contributed by atoms with van der Waals surface area (Å²) in [5.41, 5.74) is 0.806. The molecule has 2 rings (SSSR count). The second kappa shape index (κ2) is 5.23. The molecule has 0 aliphatic carbocycles. The Kier molecular flexibility index (Phi) is 3.66. The van der Waals surface area contributed by atoms with Crippen molar-refractivity contribution in [1.82, 2.24) is 9.55 Å². The lowest BCUT2D eigenvalue weighted by Crippen LogP contribution is -2.15. The molecule has 19 heavy (non-hydrogen) atoms. The van der Waals surface area contributed by atoms with Crippen molar-refractivity contribution in [3.05, 3.63) is 46.5 Å². The second-order valence-corrected chi connectivity index (χ2v) is 4.79. The number of anilines is 1. The molecule has 6 nitrogen and oxygen atoms in total. The van der Waals surface area contributed by atoms with Crippen molar-refractivity contribution in [2.45, 2.75) is 0 Å². The summed E-state index contributed by atoms with van der Waals surface area (Å²) in [7, 11) is 1.74. The Bertz CT molecular complexity index is 651. The molecule has 1 amide bonds. The van der Waals surface area contributed by atoms with Crippen LogP contribution in [-0.2, 0) is 7.05 Å². The summed E-state index contributed by atoms with van der Waals surface area (Å²) in [6, 6.07) is 3.02. The summed E-state index contributed by atoms with van der Waals surface area (Å²) in [4.78, 5) is 26.6. The lowest BCUT2D eigenvalue weighted by atomic mass is 10.2. The van der Waals surface area contributed by atoms with Crippen LogP contribution in [0.5, 0.6) is 0 Å². The highest BCUT2D eigenvalue weighted by Crippen LogP contribution is 2.16. The van der Waals surface area contributed by atoms with Crippen LogP contribution in [-0.4, -0.2) is 26.5 Å². The Morgan fingerprint density at radius 3 is 2.68 bits per heavy atom. The van der Waals surface area contributed by atoms with Gasteiger partial charge in [0.25, 0.3) is 5.91 Å². The summed E-state index contributed by atoms with van der Waals surface area (Å²) < 4.78 is 2.45. The molecular weight excluding hydrogens is 314 g/mol. The summed E-state index contributed by atoms with van der Waals surface area (Å²) in [6.45, 7) is 0. The number of aryl methyl sites for hydroxylation is 1. The normalized spacial score (nSPS) is 10.2. The summed E-state index contributed by atoms with van der Waals surface area (Å²) >= 11 is 3.28. The standard InChI is InChI=1S/C12H10BrN3O3/c1-16-6-8(13)3-10(16)11(17)15-9-2-7(12(18)19)4-14-5-9/h2-6H,1H3,(H,15,17)(H,18,19). The molecule has 98 valence electrons. The average molecular weight is 324 g/mol. The number of hydrogen-bond acceptors (Lipinski definition) is 3. The monoisotopic (exact) mass is 323 g/mol. The smallest absolute Gasteiger partial charge is 0.337 e. The molecule has 2 heterocycles. The van der Waals surface area contributed by atoms with Crippen LogP contribution in [0.4, 0.5) is 5.69 Å². The van der Waals surface area contributed by atoms with Crippen molar-refractivity contribution < 1.29 is 14.7 Å². The zero-order valence-electron chi connectivity index (χ0n) is 9.92. The first-order valence-electron chi connectivity index (χ1n) is 5.29. The Labute approximate surface area is 117 Å². The van der Waals surface area contributed by atoms with Crippen molar-refractivity contribution in [2.75, 3.05) is 5.32 Å². The Balaban J connectivity index is 2.21. The van der Waals surface area contributed by atoms with Crippen LogP contribution >= 0.6 is 15.9 Å². The molecule has 0 saturated heterocycles. The van der Waals surface area contributed by atoms with Gasteiger partial charge in [0.05, 0.1) is 17.4 Å². The summed E-state index contributed by atoms with van der Waals surface area (Å²) in [5, 5.41) is 11.4. The number of aromatic nitrogens is 2. The highest BCUT2D eigenvalue weighted by molar-refractivity contribution is 9.10. The van der Waals surface area contributed by atoms with Crippen LogP contribution in [0.3, 0.4) is 0 Å². The van der Waals surface area contributed by atoms with Gasteiger partial charge < -0.3 is 15.0 Å². The first-order chi connectivity index (χ1) is 8.97. The van der Waals surface area contributed by atoms with Crippen molar-refractivity contribution >= 4 is 33.5 Å². The van der Waals surface area contributed by atoms with Crippen LogP contribution in [0.2, 0.25) is 0 Å². The van der Waals surface area contributed by atoms with Crippen LogP contribution in [0, 0.1) is 0 Å². The third-order valence-corrected chi connectivity index (χ3v) is 2.88. The topological polar surface area (TPSA) is 84.2 Å². The van der Waals surface area contributed by atoms with Gasteiger partial charge >= 0.3 is 5.97 Å². The molecular formula is C12H10BrN3O3. The highest BCUT2D eigenvalue weighted by atomic mass is 79.9. The first-order valence-corrected chi connectivity index (χ1v) is 6.08. The fourth-order valence-electron chi connectivity index (χ4n) is 1.57. The van der Waals surface area contributed by atoms with Gasteiger partial charge in [0.15, 0.2) is 0 Å². The van der Waals surface area contributed by atoms with Gasteiger partial charge in [-0.1, -0.05) is 0 Å². The SMILES string of the molecule is Cn1cc(Br)cc1C(=O)Nc1cncc(C(=O)O)c1. The van der Waals surface area contributed by atoms with Crippen LogP contribution in [0.15, 0.2) is 35.2 Å². The predicted octanol–water partition coefficient (Wildman–Crippen LogP) is 2.13. The predicted molar refractivity (Wildman–Crippen MR) is 72.3 cm³/mol. The number of aromatic carboxylic acids is 1. The number of carbonyl (C=O) groups excluding carboxylic acids is 1. The van der Waals surface area contributed by atoms with Crippen LogP contribution in [0.25, 0.3) is 0 Å². The zero-order chi connectivity index (χ0) is 14.0. The van der Waals surface area contributed by atoms with E-state index in [9.17, 15) is 9.59 Å². The van der Waals surface area contributed by atoms with E-state index in [2.05, 4.69) is 26.2 Å². The number of carbonyl (C=O) groups is 2. The molecule has 2 aromatic heterocycles. The number of carboxylic acids is 1. The average Bonchev–Trinajstić information content (AvgIpc) is 2.69. The van der Waals surface area contributed by atoms with Gasteiger partial charge in [0, 0.05) is 23.9 Å². The van der Waals surface area contributed by atoms with E-state index in [1.165, 1.54) is 18.5 Å². The molecule has 0 fully saturated rings. The highest BCUT2D eigenvalue weighted by Gasteiger charge is 2.12. The molecule has 0 radical (unpaired) electrons. The van der Waals surface area contributed by atoms with E-state index < -0.39 is 5.97 Å². The number of halogens is 1. The fourth-order valence-corrected chi connectivity index (χ4v) is 2.09. The van der Waals surface area contributed by atoms with E-state index in [0.717, 1.165) is 4.47 Å². The molecule has 0 atom stereocenters. The molecule has 2 N–H and O–H groups in total. The minimum absolute atomic E-state index is 0.0193. The van der Waals surface area contributed by atoms with E-state index in [-0.39, 0.29) is 11.5 Å². The lowest BCUT2D eigenvalue weighted by molar-refractivity contribution is 0.0696. The Hall–Kier alpha value is -2.15. The quantitative estimate of drug-likeness (QED) is 0.906. The Morgan fingerprint density at radius 2 is 2.11 bits per heavy atom. The molecule has 0 aliphatic rings. The molecule has 0 aromatic carbocycles. The maximum atomic E-state index is 12.0. The molecule has 2 aromatic rings. The molecule has 0 saturated carbocycles. The van der Waals surface area contributed by atoms with Gasteiger partial charge in [-0.3, -0.25) is 9.78 Å². The second-order valence-electron chi connectivity index (χ2n) is 3.88. The Morgan fingerprint density at radius 1 is 1.37 bits per heavy atom. The van der Waals surface area contributed by atoms with Gasteiger partial charge in [-0.15, -0.1) is 0 Å². The summed E-state index contributed by atoms with van der Waals surface area (Å²) in [6.07, 6.45) is 4.36. The van der Waals surface area contributed by atoms with Crippen LogP contribution in [0.1, 0.15) is 20.8 Å². The minimum atomic E-state index is -1.09. The number of pyridine rings is 1. The number of rotatable bonds is 3. The molecule has 0 aliphatic heterocycles. The van der Waals surface area contributed by atoms with Crippen molar-refractivity contribution in [3.8, 4) is 0 Å². The van der Waals surface area contributed by atoms with Gasteiger partial charge in [0.2, 0.25) is 0 Å². The van der Waals surface area contributed by atoms with E-state index in [1.807, 2.05) is 0 Å². The zero-order valence-corrected chi connectivity index (χ0v) is 11.5. The van der Waals surface area contributed by atoms with Crippen molar-refractivity contribution in [2.24, 2.45) is 7.05 Å². The number of amides is 1. The van der Waals surface area contributed by atoms with Crippen LogP contribution < -0.4 is 5.32 Å². The maximum absolute atomic E-state index is 12.0. The molecule has 7 heteroatoms. The third kappa shape index (κ3) is 3.00. The first kappa shape index (κ1) is 13.3. The number of carboxylic acid groups (broad SMARTS) is 1. The third-order valence-electron chi connectivity index (χ3n) is 2.45. The fraction of sp³-hybridized carbons (Fsp3) is 0.0833. The largest absolute Gasteiger partial charge is 0.478 e. The van der Waals surface area contributed by atoms with E-state index in [1.54, 1.807) is 23.9 Å². The van der Waals surface area contributed by atoms with Gasteiger partial charge in [-0.25, -0.2) is 4.79 Å². The van der Waals surface area contributed by atoms with Crippen molar-refractivity contribution in [3.63, 3.8) is 0 Å².